The van der Waals surface area contributed by atoms with Crippen LogP contribution in [-0.2, 0) is 16.1 Å². The van der Waals surface area contributed by atoms with E-state index < -0.39 is 0 Å². The Hall–Kier alpha value is -3.16. The monoisotopic (exact) mass is 420 g/mol. The van der Waals surface area contributed by atoms with E-state index in [0.29, 0.717) is 12.4 Å². The van der Waals surface area contributed by atoms with Gasteiger partial charge in [-0.1, -0.05) is 36.4 Å². The van der Waals surface area contributed by atoms with Gasteiger partial charge in [0.1, 0.15) is 12.4 Å². The Bertz CT molecular complexity index is 1010. The highest BCUT2D eigenvalue weighted by atomic mass is 16.5. The van der Waals surface area contributed by atoms with Crippen LogP contribution >= 0.6 is 0 Å². The first kappa shape index (κ1) is 21.1. The summed E-state index contributed by atoms with van der Waals surface area (Å²) in [6.45, 7) is 6.39. The van der Waals surface area contributed by atoms with Gasteiger partial charge in [-0.15, -0.1) is 0 Å². The van der Waals surface area contributed by atoms with Gasteiger partial charge in [0.25, 0.3) is 5.91 Å². The van der Waals surface area contributed by atoms with Gasteiger partial charge in [-0.25, -0.2) is 4.68 Å². The largest absolute Gasteiger partial charge is 0.378 e. The van der Waals surface area contributed by atoms with E-state index in [1.165, 1.54) is 11.3 Å². The molecule has 2 heterocycles. The Morgan fingerprint density at radius 3 is 2.58 bits per heavy atom. The van der Waals surface area contributed by atoms with Crippen molar-refractivity contribution in [3.63, 3.8) is 0 Å². The molecule has 1 aliphatic rings. The lowest BCUT2D eigenvalue weighted by Gasteiger charge is -2.30. The molecule has 4 rings (SSSR count). The summed E-state index contributed by atoms with van der Waals surface area (Å²) in [4.78, 5) is 16.3. The molecule has 1 atom stereocenters. The van der Waals surface area contributed by atoms with Crippen molar-refractivity contribution in [1.29, 1.82) is 0 Å². The smallest absolute Gasteiger partial charge is 0.280 e. The molecular formula is C24H30N5O2+. The Balaban J connectivity index is 1.41. The van der Waals surface area contributed by atoms with Crippen molar-refractivity contribution in [3.05, 3.63) is 71.9 Å². The minimum Gasteiger partial charge on any atom is -0.378 e. The molecule has 1 fully saturated rings. The van der Waals surface area contributed by atoms with E-state index in [0.717, 1.165) is 49.1 Å². The number of quaternary nitrogens is 1. The first-order valence-corrected chi connectivity index (χ1v) is 10.7. The zero-order chi connectivity index (χ0) is 21.6. The van der Waals surface area contributed by atoms with Gasteiger partial charge in [0, 0.05) is 30.4 Å². The van der Waals surface area contributed by atoms with E-state index in [2.05, 4.69) is 46.6 Å². The van der Waals surface area contributed by atoms with E-state index in [9.17, 15) is 4.79 Å². The van der Waals surface area contributed by atoms with Gasteiger partial charge in [0.15, 0.2) is 6.54 Å². The topological polar surface area (TPSA) is 63.8 Å². The lowest BCUT2D eigenvalue weighted by Crippen LogP contribution is -3.08. The Kier molecular flexibility index (Phi) is 6.64. The molecular weight excluding hydrogens is 390 g/mol. The van der Waals surface area contributed by atoms with Gasteiger partial charge in [-0.3, -0.25) is 4.79 Å². The molecule has 31 heavy (non-hydrogen) atoms. The summed E-state index contributed by atoms with van der Waals surface area (Å²) in [5, 5.41) is 7.56. The van der Waals surface area contributed by atoms with Crippen LogP contribution in [0.15, 0.2) is 60.7 Å². The summed E-state index contributed by atoms with van der Waals surface area (Å²) in [5.74, 6) is 0.661. The molecule has 3 aromatic rings. The van der Waals surface area contributed by atoms with Crippen LogP contribution in [-0.4, -0.2) is 55.6 Å². The highest BCUT2D eigenvalue weighted by Gasteiger charge is 2.19. The first-order chi connectivity index (χ1) is 15.1. The quantitative estimate of drug-likeness (QED) is 0.610. The standard InChI is InChI=1S/C24H29N5O2/c1-19-16-23(29(26-19)21-9-4-3-5-10-21)25-24(30)18-27(2)17-20-8-6-7-11-22(20)28-12-14-31-15-13-28/h3-11,16H,12-15,17-18H2,1-2H3,(H,25,30)/p+1. The number of likely N-dealkylation sites (N-methyl/N-ethyl adjacent to an activating group) is 1. The van der Waals surface area contributed by atoms with Gasteiger partial charge in [0.2, 0.25) is 0 Å². The zero-order valence-electron chi connectivity index (χ0n) is 18.2. The number of hydrogen-bond acceptors (Lipinski definition) is 4. The van der Waals surface area contributed by atoms with Crippen LogP contribution in [0, 0.1) is 6.92 Å². The molecule has 1 amide bonds. The lowest BCUT2D eigenvalue weighted by atomic mass is 10.1. The maximum Gasteiger partial charge on any atom is 0.280 e. The molecule has 2 N–H and O–H groups in total. The number of nitrogens with one attached hydrogen (secondary N) is 2. The summed E-state index contributed by atoms with van der Waals surface area (Å²) in [6, 6.07) is 20.2. The minimum absolute atomic E-state index is 0.0292. The van der Waals surface area contributed by atoms with Crippen LogP contribution in [0.5, 0.6) is 0 Å². The van der Waals surface area contributed by atoms with E-state index in [1.807, 2.05) is 43.3 Å². The maximum absolute atomic E-state index is 12.8. The minimum atomic E-state index is -0.0292. The Morgan fingerprint density at radius 1 is 1.10 bits per heavy atom. The molecule has 1 unspecified atom stereocenters. The molecule has 0 radical (unpaired) electrons. The third kappa shape index (κ3) is 5.31. The molecule has 0 saturated carbocycles. The average Bonchev–Trinajstić information content (AvgIpc) is 3.15. The summed E-state index contributed by atoms with van der Waals surface area (Å²) < 4.78 is 7.26. The summed E-state index contributed by atoms with van der Waals surface area (Å²) in [7, 11) is 2.05. The number of amides is 1. The SMILES string of the molecule is Cc1cc(NC(=O)C[NH+](C)Cc2ccccc2N2CCOCC2)n(-c2ccccc2)n1. The van der Waals surface area contributed by atoms with Gasteiger partial charge in [-0.05, 0) is 25.1 Å². The van der Waals surface area contributed by atoms with Gasteiger partial charge < -0.3 is 19.9 Å². The van der Waals surface area contributed by atoms with Crippen molar-refractivity contribution in [2.75, 3.05) is 50.1 Å². The molecule has 2 aromatic carbocycles. The van der Waals surface area contributed by atoms with E-state index in [-0.39, 0.29) is 5.91 Å². The number of hydrogen-bond donors (Lipinski definition) is 2. The lowest BCUT2D eigenvalue weighted by molar-refractivity contribution is -0.885. The van der Waals surface area contributed by atoms with Crippen molar-refractivity contribution < 1.29 is 14.4 Å². The third-order valence-electron chi connectivity index (χ3n) is 5.40. The number of ether oxygens (including phenoxy) is 1. The predicted octanol–water partition coefficient (Wildman–Crippen LogP) is 1.67. The number of carbonyl (C=O) groups is 1. The molecule has 162 valence electrons. The Morgan fingerprint density at radius 2 is 1.81 bits per heavy atom. The Labute approximate surface area is 183 Å². The summed E-state index contributed by atoms with van der Waals surface area (Å²) in [6.07, 6.45) is 0. The number of anilines is 2. The molecule has 1 aliphatic heterocycles. The highest BCUT2D eigenvalue weighted by Crippen LogP contribution is 2.21. The number of morpholine rings is 1. The van der Waals surface area contributed by atoms with Crippen molar-refractivity contribution in [1.82, 2.24) is 9.78 Å². The van der Waals surface area contributed by atoms with Crippen LogP contribution in [0.4, 0.5) is 11.5 Å². The number of rotatable bonds is 7. The van der Waals surface area contributed by atoms with E-state index in [4.69, 9.17) is 4.74 Å². The van der Waals surface area contributed by atoms with Crippen molar-refractivity contribution in [2.45, 2.75) is 13.5 Å². The van der Waals surface area contributed by atoms with Crippen LogP contribution < -0.4 is 15.1 Å². The molecule has 0 spiro atoms. The van der Waals surface area contributed by atoms with Gasteiger partial charge in [-0.2, -0.15) is 5.10 Å². The second kappa shape index (κ2) is 9.76. The van der Waals surface area contributed by atoms with Crippen molar-refractivity contribution in [3.8, 4) is 5.69 Å². The molecule has 7 nitrogen and oxygen atoms in total. The molecule has 7 heteroatoms. The van der Waals surface area contributed by atoms with Gasteiger partial charge >= 0.3 is 0 Å². The fourth-order valence-corrected chi connectivity index (χ4v) is 3.98. The van der Waals surface area contributed by atoms with Crippen LogP contribution in [0.25, 0.3) is 5.69 Å². The molecule has 1 aromatic heterocycles. The number of benzene rings is 2. The molecule has 1 saturated heterocycles. The van der Waals surface area contributed by atoms with Crippen molar-refractivity contribution in [2.24, 2.45) is 0 Å². The second-order valence-electron chi connectivity index (χ2n) is 8.01. The van der Waals surface area contributed by atoms with Crippen LogP contribution in [0.2, 0.25) is 0 Å². The number of nitrogens with zero attached hydrogens (tertiary/aromatic N) is 3. The fraction of sp³-hybridized carbons (Fsp3) is 0.333. The number of aryl methyl sites for hydroxylation is 1. The van der Waals surface area contributed by atoms with E-state index >= 15 is 0 Å². The third-order valence-corrected chi connectivity index (χ3v) is 5.40. The maximum atomic E-state index is 12.8. The van der Waals surface area contributed by atoms with Gasteiger partial charge in [0.05, 0.1) is 31.6 Å². The van der Waals surface area contributed by atoms with Crippen molar-refractivity contribution >= 4 is 17.4 Å². The number of carbonyl (C=O) groups excluding carboxylic acids is 1. The molecule has 0 bridgehead atoms. The number of para-hydroxylation sites is 2. The average molecular weight is 421 g/mol. The molecule has 0 aliphatic carbocycles. The highest BCUT2D eigenvalue weighted by molar-refractivity contribution is 5.91. The second-order valence-corrected chi connectivity index (χ2v) is 8.01. The fourth-order valence-electron chi connectivity index (χ4n) is 3.98. The summed E-state index contributed by atoms with van der Waals surface area (Å²) >= 11 is 0. The zero-order valence-corrected chi connectivity index (χ0v) is 18.2. The van der Waals surface area contributed by atoms with Crippen LogP contribution in [0.1, 0.15) is 11.3 Å². The van der Waals surface area contributed by atoms with Crippen LogP contribution in [0.3, 0.4) is 0 Å². The predicted molar refractivity (Wildman–Crippen MR) is 122 cm³/mol. The number of aromatic nitrogens is 2. The first-order valence-electron chi connectivity index (χ1n) is 10.7. The normalized spacial score (nSPS) is 15.0. The van der Waals surface area contributed by atoms with E-state index in [1.54, 1.807) is 4.68 Å². The summed E-state index contributed by atoms with van der Waals surface area (Å²) in [5.41, 5.74) is 4.27.